The number of sulfonamides is 1. The summed E-state index contributed by atoms with van der Waals surface area (Å²) < 4.78 is 30.5. The Morgan fingerprint density at radius 1 is 1.31 bits per heavy atom. The molecule has 0 aromatic carbocycles. The molecule has 0 heterocycles. The number of rotatable bonds is 10. The van der Waals surface area contributed by atoms with Crippen molar-refractivity contribution in [3.63, 3.8) is 0 Å². The lowest BCUT2D eigenvalue weighted by atomic mass is 10.4. The minimum absolute atomic E-state index is 0.359. The van der Waals surface area contributed by atoms with E-state index in [0.717, 1.165) is 19.4 Å². The molecule has 0 saturated carbocycles. The summed E-state index contributed by atoms with van der Waals surface area (Å²) in [6, 6.07) is 0. The second-order valence-electron chi connectivity index (χ2n) is 3.75. The van der Waals surface area contributed by atoms with Crippen molar-refractivity contribution >= 4 is 10.0 Å². The number of ether oxygens (including phenoxy) is 1. The van der Waals surface area contributed by atoms with Gasteiger partial charge in [0.2, 0.25) is 10.0 Å². The van der Waals surface area contributed by atoms with E-state index >= 15 is 0 Å². The van der Waals surface area contributed by atoms with Gasteiger partial charge in [-0.1, -0.05) is 13.3 Å². The zero-order valence-electron chi connectivity index (χ0n) is 10.1. The summed E-state index contributed by atoms with van der Waals surface area (Å²) in [6.45, 7) is 4.86. The standard InChI is InChI=1S/C10H23NO4S/c1-3-4-7-15-8-5-6-11-16(13,14)10(2)9-12/h10-12H,3-9H2,1-2H3. The monoisotopic (exact) mass is 253 g/mol. The Bertz CT molecular complexity index is 254. The first-order valence-electron chi connectivity index (χ1n) is 5.71. The molecule has 98 valence electrons. The molecule has 0 fully saturated rings. The van der Waals surface area contributed by atoms with Crippen LogP contribution in [0.5, 0.6) is 0 Å². The van der Waals surface area contributed by atoms with Crippen molar-refractivity contribution in [1.82, 2.24) is 4.72 Å². The van der Waals surface area contributed by atoms with Crippen molar-refractivity contribution in [2.45, 2.75) is 38.4 Å². The van der Waals surface area contributed by atoms with Gasteiger partial charge in [0.05, 0.1) is 11.9 Å². The third kappa shape index (κ3) is 7.16. The first-order valence-corrected chi connectivity index (χ1v) is 7.26. The third-order valence-corrected chi connectivity index (χ3v) is 4.01. The quantitative estimate of drug-likeness (QED) is 0.556. The van der Waals surface area contributed by atoms with Crippen LogP contribution >= 0.6 is 0 Å². The van der Waals surface area contributed by atoms with E-state index in [1.165, 1.54) is 6.92 Å². The predicted molar refractivity (Wildman–Crippen MR) is 63.8 cm³/mol. The van der Waals surface area contributed by atoms with Gasteiger partial charge in [-0.05, 0) is 19.8 Å². The van der Waals surface area contributed by atoms with Crippen LogP contribution in [-0.2, 0) is 14.8 Å². The van der Waals surface area contributed by atoms with Gasteiger partial charge in [-0.15, -0.1) is 0 Å². The van der Waals surface area contributed by atoms with Crippen molar-refractivity contribution in [2.75, 3.05) is 26.4 Å². The Morgan fingerprint density at radius 2 is 1.94 bits per heavy atom. The van der Waals surface area contributed by atoms with Crippen LogP contribution in [0.3, 0.4) is 0 Å². The Balaban J connectivity index is 3.51. The summed E-state index contributed by atoms with van der Waals surface area (Å²) in [5, 5.41) is 7.97. The summed E-state index contributed by atoms with van der Waals surface area (Å²) in [5.41, 5.74) is 0. The van der Waals surface area contributed by atoms with Crippen molar-refractivity contribution in [2.24, 2.45) is 0 Å². The molecule has 0 aliphatic carbocycles. The van der Waals surface area contributed by atoms with Crippen molar-refractivity contribution < 1.29 is 18.3 Å². The van der Waals surface area contributed by atoms with Crippen LogP contribution in [0.15, 0.2) is 0 Å². The van der Waals surface area contributed by atoms with Gasteiger partial charge in [0.1, 0.15) is 0 Å². The Kier molecular flexibility index (Phi) is 8.83. The van der Waals surface area contributed by atoms with E-state index in [0.29, 0.717) is 19.6 Å². The maximum atomic E-state index is 11.4. The number of aliphatic hydroxyl groups is 1. The van der Waals surface area contributed by atoms with Gasteiger partial charge < -0.3 is 9.84 Å². The van der Waals surface area contributed by atoms with Gasteiger partial charge in [0.15, 0.2) is 0 Å². The van der Waals surface area contributed by atoms with E-state index in [1.807, 2.05) is 0 Å². The largest absolute Gasteiger partial charge is 0.395 e. The predicted octanol–water partition coefficient (Wildman–Crippen LogP) is 0.493. The SMILES string of the molecule is CCCCOCCCNS(=O)(=O)C(C)CO. The van der Waals surface area contributed by atoms with Crippen LogP contribution in [0.4, 0.5) is 0 Å². The molecule has 0 amide bonds. The van der Waals surface area contributed by atoms with E-state index in [-0.39, 0.29) is 6.61 Å². The highest BCUT2D eigenvalue weighted by atomic mass is 32.2. The molecule has 0 spiro atoms. The summed E-state index contributed by atoms with van der Waals surface area (Å²) in [5.74, 6) is 0. The summed E-state index contributed by atoms with van der Waals surface area (Å²) >= 11 is 0. The van der Waals surface area contributed by atoms with Crippen LogP contribution in [-0.4, -0.2) is 45.1 Å². The first kappa shape index (κ1) is 15.8. The second kappa shape index (κ2) is 8.92. The van der Waals surface area contributed by atoms with E-state index in [1.54, 1.807) is 0 Å². The molecular formula is C10H23NO4S. The highest BCUT2D eigenvalue weighted by molar-refractivity contribution is 7.90. The van der Waals surface area contributed by atoms with E-state index < -0.39 is 15.3 Å². The minimum atomic E-state index is -3.36. The average molecular weight is 253 g/mol. The smallest absolute Gasteiger partial charge is 0.216 e. The van der Waals surface area contributed by atoms with Gasteiger partial charge in [-0.25, -0.2) is 13.1 Å². The van der Waals surface area contributed by atoms with E-state index in [4.69, 9.17) is 9.84 Å². The molecule has 0 radical (unpaired) electrons. The zero-order valence-corrected chi connectivity index (χ0v) is 10.9. The molecule has 1 unspecified atom stereocenters. The highest BCUT2D eigenvalue weighted by Gasteiger charge is 2.18. The minimum Gasteiger partial charge on any atom is -0.395 e. The van der Waals surface area contributed by atoms with Crippen molar-refractivity contribution in [3.8, 4) is 0 Å². The normalized spacial score (nSPS) is 13.9. The van der Waals surface area contributed by atoms with Gasteiger partial charge >= 0.3 is 0 Å². The van der Waals surface area contributed by atoms with Crippen molar-refractivity contribution in [3.05, 3.63) is 0 Å². The van der Waals surface area contributed by atoms with Gasteiger partial charge in [-0.3, -0.25) is 0 Å². The molecule has 0 aromatic heterocycles. The Labute approximate surface area is 98.2 Å². The number of unbranched alkanes of at least 4 members (excludes halogenated alkanes) is 1. The Morgan fingerprint density at radius 3 is 2.50 bits per heavy atom. The molecule has 16 heavy (non-hydrogen) atoms. The summed E-state index contributed by atoms with van der Waals surface area (Å²) in [4.78, 5) is 0. The van der Waals surface area contributed by atoms with Gasteiger partial charge in [-0.2, -0.15) is 0 Å². The lowest BCUT2D eigenvalue weighted by molar-refractivity contribution is 0.130. The topological polar surface area (TPSA) is 75.6 Å². The molecule has 0 aliphatic rings. The highest BCUT2D eigenvalue weighted by Crippen LogP contribution is 1.96. The van der Waals surface area contributed by atoms with Crippen LogP contribution in [0.2, 0.25) is 0 Å². The number of hydrogen-bond donors (Lipinski definition) is 2. The van der Waals surface area contributed by atoms with Crippen LogP contribution in [0.1, 0.15) is 33.1 Å². The molecule has 0 rings (SSSR count). The zero-order chi connectivity index (χ0) is 12.4. The summed E-state index contributed by atoms with van der Waals surface area (Å²) in [7, 11) is -3.36. The summed E-state index contributed by atoms with van der Waals surface area (Å²) in [6.07, 6.45) is 2.79. The molecule has 5 nitrogen and oxygen atoms in total. The molecule has 1 atom stereocenters. The number of hydrogen-bond acceptors (Lipinski definition) is 4. The van der Waals surface area contributed by atoms with Crippen molar-refractivity contribution in [1.29, 1.82) is 0 Å². The second-order valence-corrected chi connectivity index (χ2v) is 5.94. The Hall–Kier alpha value is -0.170. The molecule has 6 heteroatoms. The maximum absolute atomic E-state index is 11.4. The average Bonchev–Trinajstić information content (AvgIpc) is 2.26. The fourth-order valence-corrected chi connectivity index (χ4v) is 1.89. The molecule has 2 N–H and O–H groups in total. The van der Waals surface area contributed by atoms with E-state index in [9.17, 15) is 8.42 Å². The van der Waals surface area contributed by atoms with Crippen LogP contribution in [0.25, 0.3) is 0 Å². The molecule has 0 aromatic rings. The molecule has 0 aliphatic heterocycles. The van der Waals surface area contributed by atoms with E-state index in [2.05, 4.69) is 11.6 Å². The van der Waals surface area contributed by atoms with Gasteiger partial charge in [0.25, 0.3) is 0 Å². The fraction of sp³-hybridized carbons (Fsp3) is 1.00. The first-order chi connectivity index (χ1) is 7.54. The third-order valence-electron chi connectivity index (χ3n) is 2.20. The lowest BCUT2D eigenvalue weighted by Gasteiger charge is -2.11. The maximum Gasteiger partial charge on any atom is 0.216 e. The number of aliphatic hydroxyl groups excluding tert-OH is 1. The number of nitrogens with one attached hydrogen (secondary N) is 1. The van der Waals surface area contributed by atoms with Crippen LogP contribution < -0.4 is 4.72 Å². The van der Waals surface area contributed by atoms with Crippen LogP contribution in [0, 0.1) is 0 Å². The molecule has 0 saturated heterocycles. The fourth-order valence-electron chi connectivity index (χ4n) is 0.978. The molecule has 0 bridgehead atoms. The van der Waals surface area contributed by atoms with Gasteiger partial charge in [0, 0.05) is 19.8 Å². The molecular weight excluding hydrogens is 230 g/mol. The lowest BCUT2D eigenvalue weighted by Crippen LogP contribution is -2.35.